The number of hydrogen-bond donors (Lipinski definition) is 1. The van der Waals surface area contributed by atoms with E-state index in [1.807, 2.05) is 0 Å². The van der Waals surface area contributed by atoms with Crippen LogP contribution in [-0.2, 0) is 6.61 Å². The molecule has 0 unspecified atom stereocenters. The summed E-state index contributed by atoms with van der Waals surface area (Å²) in [5.41, 5.74) is -0.603. The van der Waals surface area contributed by atoms with Gasteiger partial charge in [0.05, 0.1) is 6.61 Å². The van der Waals surface area contributed by atoms with Gasteiger partial charge in [0, 0.05) is 6.20 Å². The number of hydrogen-bond acceptors (Lipinski definition) is 2. The molecule has 2 nitrogen and oxygen atoms in total. The van der Waals surface area contributed by atoms with E-state index in [1.165, 1.54) is 6.20 Å². The predicted octanol–water partition coefficient (Wildman–Crippen LogP) is -2.37. The Bertz CT molecular complexity index is 281. The van der Waals surface area contributed by atoms with Gasteiger partial charge in [-0.15, -0.1) is 0 Å². The molecule has 0 bridgehead atoms. The number of aromatic nitrogens is 1. The first-order valence-electron chi connectivity index (χ1n) is 3.28. The van der Waals surface area contributed by atoms with Crippen molar-refractivity contribution in [3.8, 4) is 0 Å². The minimum Gasteiger partial charge on any atom is -0.445 e. The number of aliphatic hydroxyl groups is 1. The van der Waals surface area contributed by atoms with E-state index in [0.717, 1.165) is 12.3 Å². The summed E-state index contributed by atoms with van der Waals surface area (Å²) in [4.78, 5) is 3.36. The van der Waals surface area contributed by atoms with E-state index in [0.29, 0.717) is 0 Å². The summed E-state index contributed by atoms with van der Waals surface area (Å²) in [6, 6.07) is 0.896. The van der Waals surface area contributed by atoms with E-state index in [-0.39, 0.29) is 56.9 Å². The number of halogens is 3. The average molecular weight is 215 g/mol. The van der Waals surface area contributed by atoms with Crippen molar-refractivity contribution in [2.24, 2.45) is 0 Å². The minimum absolute atomic E-state index is 0. The normalized spacial score (nSPS) is 10.8. The van der Waals surface area contributed by atoms with Crippen LogP contribution in [0.25, 0.3) is 0 Å². The molecular weight excluding hydrogens is 209 g/mol. The van der Waals surface area contributed by atoms with Crippen LogP contribution in [0.2, 0.25) is 0 Å². The van der Waals surface area contributed by atoms with Crippen LogP contribution in [0.1, 0.15) is 5.56 Å². The summed E-state index contributed by atoms with van der Waals surface area (Å²) in [5, 5.41) is 8.53. The van der Waals surface area contributed by atoms with Gasteiger partial charge in [-0.2, -0.15) is 0 Å². The van der Waals surface area contributed by atoms with E-state index in [9.17, 15) is 12.9 Å². The van der Waals surface area contributed by atoms with Crippen LogP contribution >= 0.6 is 0 Å². The largest absolute Gasteiger partial charge is 1.00 e. The average Bonchev–Trinajstić information content (AvgIpc) is 2.03. The van der Waals surface area contributed by atoms with Crippen molar-refractivity contribution in [1.29, 1.82) is 0 Å². The summed E-state index contributed by atoms with van der Waals surface area (Å²) in [6.07, 6.45) is 1.95. The second kappa shape index (κ2) is 5.47. The predicted molar refractivity (Wildman–Crippen MR) is 38.9 cm³/mol. The molecule has 0 atom stereocenters. The summed E-state index contributed by atoms with van der Waals surface area (Å²) in [5.74, 6) is 0. The molecule has 0 saturated heterocycles. The summed E-state index contributed by atoms with van der Waals surface area (Å²) in [6.45, 7) is -5.43. The topological polar surface area (TPSA) is 33.1 Å². The Hall–Kier alpha value is 0.601. The summed E-state index contributed by atoms with van der Waals surface area (Å²) >= 11 is 0. The number of pyridine rings is 1. The van der Waals surface area contributed by atoms with E-state index in [1.54, 1.807) is 0 Å². The van der Waals surface area contributed by atoms with Gasteiger partial charge in [0.2, 0.25) is 0 Å². The number of aliphatic hydroxyl groups excluding tert-OH is 1. The third-order valence-electron chi connectivity index (χ3n) is 1.38. The number of rotatable bonds is 2. The van der Waals surface area contributed by atoms with E-state index < -0.39 is 19.0 Å². The van der Waals surface area contributed by atoms with Crippen LogP contribution in [0.5, 0.6) is 0 Å². The summed E-state index contributed by atoms with van der Waals surface area (Å²) < 4.78 is 36.1. The standard InChI is InChI=1S/C6H6BF3NO.K/c8-7(9,10)6-1-5(4-12)2-11-3-6;/h1-3,12H,4H2;/q-1;+1. The second-order valence-electron chi connectivity index (χ2n) is 2.36. The van der Waals surface area contributed by atoms with Crippen LogP contribution in [0.3, 0.4) is 0 Å². The summed E-state index contributed by atoms with van der Waals surface area (Å²) in [7, 11) is 0. The Labute approximate surface area is 116 Å². The molecule has 0 amide bonds. The Morgan fingerprint density at radius 1 is 1.31 bits per heavy atom. The van der Waals surface area contributed by atoms with Gasteiger partial charge in [0.1, 0.15) is 0 Å². The Morgan fingerprint density at radius 2 is 1.92 bits per heavy atom. The third kappa shape index (κ3) is 4.09. The number of nitrogens with zero attached hydrogens (tertiary/aromatic N) is 1. The molecule has 1 heterocycles. The molecule has 0 radical (unpaired) electrons. The molecule has 0 aliphatic carbocycles. The molecule has 66 valence electrons. The fourth-order valence-electron chi connectivity index (χ4n) is 0.773. The van der Waals surface area contributed by atoms with Crippen molar-refractivity contribution < 1.29 is 69.4 Å². The van der Waals surface area contributed by atoms with Crippen molar-refractivity contribution >= 4 is 12.4 Å². The molecule has 0 spiro atoms. The maximum atomic E-state index is 12.0. The third-order valence-corrected chi connectivity index (χ3v) is 1.38. The van der Waals surface area contributed by atoms with Crippen molar-refractivity contribution in [3.05, 3.63) is 24.0 Å². The smallest absolute Gasteiger partial charge is 0.445 e. The first-order chi connectivity index (χ1) is 5.54. The Morgan fingerprint density at radius 3 is 2.38 bits per heavy atom. The quantitative estimate of drug-likeness (QED) is 0.559. The van der Waals surface area contributed by atoms with E-state index in [4.69, 9.17) is 5.11 Å². The van der Waals surface area contributed by atoms with Gasteiger partial charge in [-0.1, -0.05) is 11.5 Å². The van der Waals surface area contributed by atoms with E-state index >= 15 is 0 Å². The first kappa shape index (κ1) is 13.6. The van der Waals surface area contributed by atoms with Gasteiger partial charge >= 0.3 is 58.4 Å². The van der Waals surface area contributed by atoms with E-state index in [2.05, 4.69) is 4.98 Å². The van der Waals surface area contributed by atoms with Crippen molar-refractivity contribution in [2.75, 3.05) is 0 Å². The van der Waals surface area contributed by atoms with Gasteiger partial charge in [-0.25, -0.2) is 0 Å². The van der Waals surface area contributed by atoms with Crippen LogP contribution in [0.15, 0.2) is 18.5 Å². The SMILES string of the molecule is OCc1cncc([B-](F)(F)F)c1.[K+]. The Kier molecular flexibility index (Phi) is 5.73. The van der Waals surface area contributed by atoms with Gasteiger partial charge in [-0.3, -0.25) is 4.98 Å². The van der Waals surface area contributed by atoms with Crippen molar-refractivity contribution in [3.63, 3.8) is 0 Å². The van der Waals surface area contributed by atoms with Crippen molar-refractivity contribution in [1.82, 2.24) is 4.98 Å². The fourth-order valence-corrected chi connectivity index (χ4v) is 0.773. The van der Waals surface area contributed by atoms with Crippen LogP contribution in [0.4, 0.5) is 12.9 Å². The van der Waals surface area contributed by atoms with Crippen LogP contribution < -0.4 is 56.8 Å². The maximum absolute atomic E-state index is 12.0. The molecule has 1 aromatic heterocycles. The molecule has 0 fully saturated rings. The molecule has 0 aliphatic heterocycles. The maximum Gasteiger partial charge on any atom is 1.00 e. The van der Waals surface area contributed by atoms with Crippen LogP contribution in [-0.4, -0.2) is 17.1 Å². The van der Waals surface area contributed by atoms with Crippen LogP contribution in [0, 0.1) is 0 Å². The molecule has 0 aromatic carbocycles. The molecular formula is C6H6BF3KNO. The molecule has 1 rings (SSSR count). The molecule has 13 heavy (non-hydrogen) atoms. The molecule has 0 saturated carbocycles. The Balaban J connectivity index is 0.00000144. The first-order valence-corrected chi connectivity index (χ1v) is 3.28. The molecule has 1 N–H and O–H groups in total. The zero-order valence-corrected chi connectivity index (χ0v) is 10.2. The van der Waals surface area contributed by atoms with Gasteiger partial charge < -0.3 is 18.1 Å². The van der Waals surface area contributed by atoms with Crippen molar-refractivity contribution in [2.45, 2.75) is 6.61 Å². The monoisotopic (exact) mass is 215 g/mol. The molecule has 1 aromatic rings. The van der Waals surface area contributed by atoms with Gasteiger partial charge in [-0.05, 0) is 11.8 Å². The second-order valence-corrected chi connectivity index (χ2v) is 2.36. The zero-order chi connectivity index (χ0) is 9.19. The van der Waals surface area contributed by atoms with Gasteiger partial charge in [0.15, 0.2) is 0 Å². The minimum atomic E-state index is -5.00. The zero-order valence-electron chi connectivity index (χ0n) is 7.04. The fraction of sp³-hybridized carbons (Fsp3) is 0.167. The molecule has 0 aliphatic rings. The molecule has 7 heteroatoms. The van der Waals surface area contributed by atoms with Gasteiger partial charge in [0.25, 0.3) is 0 Å².